The van der Waals surface area contributed by atoms with E-state index in [4.69, 9.17) is 5.73 Å². The van der Waals surface area contributed by atoms with E-state index in [1.54, 1.807) is 6.92 Å². The molecule has 0 aliphatic heterocycles. The molecule has 16 heavy (non-hydrogen) atoms. The van der Waals surface area contributed by atoms with E-state index in [0.29, 0.717) is 5.92 Å². The molecule has 1 aromatic carbocycles. The fraction of sp³-hybridized carbons (Fsp3) is 0.462. The molecule has 1 aromatic rings. The Kier molecular flexibility index (Phi) is 4.99. The van der Waals surface area contributed by atoms with E-state index >= 15 is 0 Å². The standard InChI is InChI=1S/C13H20N2O/c1-10(8-13(14)11(2)16)9-15-12-6-4-3-5-7-12/h3-7,10,13,15H,8-9,14H2,1-2H3/t10-,13-/m0/s1. The number of carbonyl (C=O) groups excluding carboxylic acids is 1. The van der Waals surface area contributed by atoms with Gasteiger partial charge < -0.3 is 11.1 Å². The summed E-state index contributed by atoms with van der Waals surface area (Å²) in [7, 11) is 0. The van der Waals surface area contributed by atoms with E-state index in [1.807, 2.05) is 30.3 Å². The SMILES string of the molecule is CC(=O)[C@@H](N)C[C@H](C)CNc1ccccc1. The van der Waals surface area contributed by atoms with Crippen LogP contribution in [-0.2, 0) is 4.79 Å². The first-order chi connectivity index (χ1) is 7.59. The minimum atomic E-state index is -0.326. The summed E-state index contributed by atoms with van der Waals surface area (Å²) in [6, 6.07) is 9.70. The second-order valence-electron chi connectivity index (χ2n) is 4.30. The van der Waals surface area contributed by atoms with Crippen LogP contribution >= 0.6 is 0 Å². The second kappa shape index (κ2) is 6.28. The van der Waals surface area contributed by atoms with Gasteiger partial charge in [0.25, 0.3) is 0 Å². The topological polar surface area (TPSA) is 55.1 Å². The molecule has 3 N–H and O–H groups in total. The van der Waals surface area contributed by atoms with Crippen LogP contribution in [0.15, 0.2) is 30.3 Å². The zero-order valence-electron chi connectivity index (χ0n) is 9.94. The molecule has 0 saturated heterocycles. The van der Waals surface area contributed by atoms with Gasteiger partial charge in [0.1, 0.15) is 5.78 Å². The molecule has 0 radical (unpaired) electrons. The third-order valence-corrected chi connectivity index (χ3v) is 2.61. The molecule has 0 bridgehead atoms. The van der Waals surface area contributed by atoms with Gasteiger partial charge in [0.15, 0.2) is 0 Å². The Bertz CT molecular complexity index is 324. The number of benzene rings is 1. The molecule has 0 spiro atoms. The van der Waals surface area contributed by atoms with Crippen LogP contribution in [0.3, 0.4) is 0 Å². The molecule has 0 aliphatic carbocycles. The fourth-order valence-electron chi connectivity index (χ4n) is 1.53. The normalized spacial score (nSPS) is 14.2. The Hall–Kier alpha value is -1.35. The zero-order valence-corrected chi connectivity index (χ0v) is 9.94. The molecule has 0 aromatic heterocycles. The molecule has 0 amide bonds. The Balaban J connectivity index is 2.30. The highest BCUT2D eigenvalue weighted by Crippen LogP contribution is 2.09. The van der Waals surface area contributed by atoms with Gasteiger partial charge in [0.2, 0.25) is 0 Å². The first-order valence-corrected chi connectivity index (χ1v) is 5.64. The maximum Gasteiger partial charge on any atom is 0.146 e. The van der Waals surface area contributed by atoms with Crippen molar-refractivity contribution in [1.82, 2.24) is 0 Å². The van der Waals surface area contributed by atoms with E-state index in [-0.39, 0.29) is 11.8 Å². The quantitative estimate of drug-likeness (QED) is 0.771. The average Bonchev–Trinajstić information content (AvgIpc) is 2.27. The highest BCUT2D eigenvalue weighted by molar-refractivity contribution is 5.81. The molecule has 0 unspecified atom stereocenters. The Morgan fingerprint density at radius 2 is 2.00 bits per heavy atom. The number of hydrogen-bond acceptors (Lipinski definition) is 3. The highest BCUT2D eigenvalue weighted by Gasteiger charge is 2.12. The third-order valence-electron chi connectivity index (χ3n) is 2.61. The minimum absolute atomic E-state index is 0.0616. The van der Waals surface area contributed by atoms with E-state index in [1.165, 1.54) is 0 Å². The molecule has 3 heteroatoms. The summed E-state index contributed by atoms with van der Waals surface area (Å²) >= 11 is 0. The monoisotopic (exact) mass is 220 g/mol. The number of nitrogens with two attached hydrogens (primary N) is 1. The summed E-state index contributed by atoms with van der Waals surface area (Å²) in [4.78, 5) is 11.0. The Morgan fingerprint density at radius 3 is 2.56 bits per heavy atom. The summed E-state index contributed by atoms with van der Waals surface area (Å²) < 4.78 is 0. The van der Waals surface area contributed by atoms with Crippen LogP contribution < -0.4 is 11.1 Å². The lowest BCUT2D eigenvalue weighted by atomic mass is 10.00. The molecule has 0 heterocycles. The van der Waals surface area contributed by atoms with E-state index in [9.17, 15) is 4.79 Å². The van der Waals surface area contributed by atoms with Crippen LogP contribution in [0.4, 0.5) is 5.69 Å². The third kappa shape index (κ3) is 4.45. The first-order valence-electron chi connectivity index (χ1n) is 5.64. The van der Waals surface area contributed by atoms with Crippen molar-refractivity contribution in [3.05, 3.63) is 30.3 Å². The number of Topliss-reactive ketones (excluding diaryl/α,β-unsaturated/α-hetero) is 1. The molecule has 0 fully saturated rings. The average molecular weight is 220 g/mol. The van der Waals surface area contributed by atoms with E-state index < -0.39 is 0 Å². The molecule has 88 valence electrons. The molecular formula is C13H20N2O. The van der Waals surface area contributed by atoms with Gasteiger partial charge in [-0.1, -0.05) is 25.1 Å². The van der Waals surface area contributed by atoms with Gasteiger partial charge in [-0.25, -0.2) is 0 Å². The van der Waals surface area contributed by atoms with Crippen molar-refractivity contribution in [2.75, 3.05) is 11.9 Å². The molecular weight excluding hydrogens is 200 g/mol. The van der Waals surface area contributed by atoms with Crippen molar-refractivity contribution < 1.29 is 4.79 Å². The van der Waals surface area contributed by atoms with Crippen LogP contribution in [0.1, 0.15) is 20.3 Å². The highest BCUT2D eigenvalue weighted by atomic mass is 16.1. The van der Waals surface area contributed by atoms with Gasteiger partial charge in [-0.15, -0.1) is 0 Å². The maximum absolute atomic E-state index is 11.0. The Morgan fingerprint density at radius 1 is 1.38 bits per heavy atom. The molecule has 1 rings (SSSR count). The van der Waals surface area contributed by atoms with Crippen LogP contribution in [0.5, 0.6) is 0 Å². The fourth-order valence-corrected chi connectivity index (χ4v) is 1.53. The predicted octanol–water partition coefficient (Wildman–Crippen LogP) is 2.04. The van der Waals surface area contributed by atoms with Crippen molar-refractivity contribution in [2.24, 2.45) is 11.7 Å². The lowest BCUT2D eigenvalue weighted by molar-refractivity contribution is -0.118. The zero-order chi connectivity index (χ0) is 12.0. The van der Waals surface area contributed by atoms with Crippen LogP contribution in [0.2, 0.25) is 0 Å². The lowest BCUT2D eigenvalue weighted by Crippen LogP contribution is -2.31. The van der Waals surface area contributed by atoms with Crippen LogP contribution in [0, 0.1) is 5.92 Å². The van der Waals surface area contributed by atoms with E-state index in [2.05, 4.69) is 12.2 Å². The summed E-state index contributed by atoms with van der Waals surface area (Å²) in [6.07, 6.45) is 0.731. The van der Waals surface area contributed by atoms with Gasteiger partial charge in [0, 0.05) is 12.2 Å². The van der Waals surface area contributed by atoms with Crippen molar-refractivity contribution >= 4 is 11.5 Å². The van der Waals surface area contributed by atoms with Crippen LogP contribution in [-0.4, -0.2) is 18.4 Å². The number of para-hydroxylation sites is 1. The largest absolute Gasteiger partial charge is 0.385 e. The lowest BCUT2D eigenvalue weighted by Gasteiger charge is -2.16. The number of nitrogens with one attached hydrogen (secondary N) is 1. The minimum Gasteiger partial charge on any atom is -0.385 e. The summed E-state index contributed by atoms with van der Waals surface area (Å²) in [5, 5.41) is 3.32. The molecule has 0 aliphatic rings. The van der Waals surface area contributed by atoms with Crippen molar-refractivity contribution in [3.8, 4) is 0 Å². The molecule has 2 atom stereocenters. The summed E-state index contributed by atoms with van der Waals surface area (Å²) in [5.74, 6) is 0.450. The summed E-state index contributed by atoms with van der Waals surface area (Å²) in [5.41, 5.74) is 6.81. The van der Waals surface area contributed by atoms with Gasteiger partial charge in [0.05, 0.1) is 6.04 Å². The molecule has 0 saturated carbocycles. The van der Waals surface area contributed by atoms with Gasteiger partial charge in [-0.05, 0) is 31.4 Å². The number of anilines is 1. The predicted molar refractivity (Wildman–Crippen MR) is 67.4 cm³/mol. The second-order valence-corrected chi connectivity index (χ2v) is 4.30. The van der Waals surface area contributed by atoms with E-state index in [0.717, 1.165) is 18.7 Å². The number of ketones is 1. The summed E-state index contributed by atoms with van der Waals surface area (Å²) in [6.45, 7) is 4.48. The first kappa shape index (κ1) is 12.7. The van der Waals surface area contributed by atoms with Crippen LogP contribution in [0.25, 0.3) is 0 Å². The number of hydrogen-bond donors (Lipinski definition) is 2. The van der Waals surface area contributed by atoms with Gasteiger partial charge in [-0.2, -0.15) is 0 Å². The maximum atomic E-state index is 11.0. The Labute approximate surface area is 97.0 Å². The van der Waals surface area contributed by atoms with Crippen molar-refractivity contribution in [1.29, 1.82) is 0 Å². The van der Waals surface area contributed by atoms with Crippen molar-refractivity contribution in [3.63, 3.8) is 0 Å². The molecule has 3 nitrogen and oxygen atoms in total. The number of carbonyl (C=O) groups is 1. The number of rotatable bonds is 6. The van der Waals surface area contributed by atoms with Gasteiger partial charge >= 0.3 is 0 Å². The smallest absolute Gasteiger partial charge is 0.146 e. The van der Waals surface area contributed by atoms with Gasteiger partial charge in [-0.3, -0.25) is 4.79 Å². The van der Waals surface area contributed by atoms with Crippen molar-refractivity contribution in [2.45, 2.75) is 26.3 Å².